The lowest BCUT2D eigenvalue weighted by Crippen LogP contribution is -2.40. The first kappa shape index (κ1) is 20.8. The minimum atomic E-state index is -0.620. The van der Waals surface area contributed by atoms with Crippen LogP contribution in [0.15, 0.2) is 75.7 Å². The van der Waals surface area contributed by atoms with Crippen LogP contribution in [0.5, 0.6) is 5.75 Å². The van der Waals surface area contributed by atoms with Crippen LogP contribution in [0.1, 0.15) is 37.9 Å². The summed E-state index contributed by atoms with van der Waals surface area (Å²) in [5.74, 6) is -0.315. The monoisotopic (exact) mass is 434 g/mol. The van der Waals surface area contributed by atoms with E-state index in [4.69, 9.17) is 4.74 Å². The summed E-state index contributed by atoms with van der Waals surface area (Å²) in [6, 6.07) is 15.4. The van der Waals surface area contributed by atoms with E-state index in [1.165, 1.54) is 11.3 Å². The number of hydrogen-bond acceptors (Lipinski definition) is 6. The highest BCUT2D eigenvalue weighted by atomic mass is 32.1. The summed E-state index contributed by atoms with van der Waals surface area (Å²) in [5, 5.41) is 9.50. The van der Waals surface area contributed by atoms with Crippen LogP contribution in [0.4, 0.5) is 0 Å². The molecule has 158 valence electrons. The zero-order valence-corrected chi connectivity index (χ0v) is 18.2. The van der Waals surface area contributed by atoms with E-state index < -0.39 is 12.0 Å². The van der Waals surface area contributed by atoms with Crippen molar-refractivity contribution in [2.45, 2.75) is 32.9 Å². The summed E-state index contributed by atoms with van der Waals surface area (Å²) >= 11 is 1.27. The standard InChI is InChI=1S/C24H22N2O4S/c1-14(2)30-23(29)20-15(3)25-24-26(21(20)17-7-5-4-6-8-17)22(28)19(31-24)13-16-9-11-18(27)12-10-16/h4-14,21,27H,1-3H3. The molecule has 3 aromatic rings. The van der Waals surface area contributed by atoms with Crippen LogP contribution in [-0.4, -0.2) is 21.7 Å². The maximum atomic E-state index is 13.4. The number of esters is 1. The maximum absolute atomic E-state index is 13.4. The lowest BCUT2D eigenvalue weighted by atomic mass is 9.96. The number of aromatic nitrogens is 1. The predicted octanol–water partition coefficient (Wildman–Crippen LogP) is 2.89. The minimum Gasteiger partial charge on any atom is -0.508 e. The van der Waals surface area contributed by atoms with Crippen LogP contribution in [-0.2, 0) is 9.53 Å². The molecule has 1 aromatic heterocycles. The summed E-state index contributed by atoms with van der Waals surface area (Å²) in [7, 11) is 0. The second-order valence-electron chi connectivity index (χ2n) is 7.54. The Kier molecular flexibility index (Phi) is 5.61. The second kappa shape index (κ2) is 8.35. The van der Waals surface area contributed by atoms with Gasteiger partial charge in [-0.1, -0.05) is 53.8 Å². The van der Waals surface area contributed by atoms with Crippen molar-refractivity contribution in [1.82, 2.24) is 4.57 Å². The van der Waals surface area contributed by atoms with Crippen LogP contribution in [0.3, 0.4) is 0 Å². The lowest BCUT2D eigenvalue weighted by Gasteiger charge is -2.25. The first-order valence-corrected chi connectivity index (χ1v) is 10.7. The summed E-state index contributed by atoms with van der Waals surface area (Å²) in [6.07, 6.45) is 1.47. The molecule has 0 saturated heterocycles. The zero-order valence-electron chi connectivity index (χ0n) is 17.4. The van der Waals surface area contributed by atoms with Crippen LogP contribution >= 0.6 is 11.3 Å². The third kappa shape index (κ3) is 4.09. The van der Waals surface area contributed by atoms with Gasteiger partial charge in [0, 0.05) is 0 Å². The molecule has 31 heavy (non-hydrogen) atoms. The number of hydrogen-bond donors (Lipinski definition) is 1. The number of fused-ring (bicyclic) bond motifs is 1. The molecular formula is C24H22N2O4S. The van der Waals surface area contributed by atoms with Gasteiger partial charge in [-0.15, -0.1) is 0 Å². The molecule has 1 unspecified atom stereocenters. The summed E-state index contributed by atoms with van der Waals surface area (Å²) in [5.41, 5.74) is 2.27. The van der Waals surface area contributed by atoms with Gasteiger partial charge in [0.25, 0.3) is 5.56 Å². The highest BCUT2D eigenvalue weighted by Gasteiger charge is 2.33. The highest BCUT2D eigenvalue weighted by Crippen LogP contribution is 2.30. The second-order valence-corrected chi connectivity index (χ2v) is 8.55. The number of allylic oxidation sites excluding steroid dienone is 1. The van der Waals surface area contributed by atoms with Gasteiger partial charge in [-0.2, -0.15) is 0 Å². The third-order valence-electron chi connectivity index (χ3n) is 4.89. The Morgan fingerprint density at radius 2 is 1.84 bits per heavy atom. The van der Waals surface area contributed by atoms with Gasteiger partial charge in [0.2, 0.25) is 0 Å². The molecule has 0 radical (unpaired) electrons. The molecule has 1 N–H and O–H groups in total. The number of nitrogens with zero attached hydrogens (tertiary/aromatic N) is 2. The molecule has 0 amide bonds. The van der Waals surface area contributed by atoms with Gasteiger partial charge in [0.15, 0.2) is 4.80 Å². The minimum absolute atomic E-state index is 0.159. The Bertz CT molecular complexity index is 1330. The van der Waals surface area contributed by atoms with E-state index in [1.807, 2.05) is 30.3 Å². The van der Waals surface area contributed by atoms with Gasteiger partial charge >= 0.3 is 5.97 Å². The summed E-state index contributed by atoms with van der Waals surface area (Å²) in [6.45, 7) is 5.35. The van der Waals surface area contributed by atoms with Gasteiger partial charge in [0.1, 0.15) is 5.75 Å². The Labute approximate surface area is 183 Å². The largest absolute Gasteiger partial charge is 0.508 e. The van der Waals surface area contributed by atoms with Crippen LogP contribution in [0.25, 0.3) is 6.08 Å². The molecule has 1 aliphatic heterocycles. The van der Waals surface area contributed by atoms with Crippen molar-refractivity contribution in [1.29, 1.82) is 0 Å². The summed E-state index contributed by atoms with van der Waals surface area (Å²) < 4.78 is 7.54. The molecule has 0 spiro atoms. The third-order valence-corrected chi connectivity index (χ3v) is 5.87. The van der Waals surface area contributed by atoms with E-state index in [1.54, 1.807) is 55.7 Å². The molecule has 1 aliphatic rings. The number of phenols is 1. The number of carbonyl (C=O) groups excluding carboxylic acids is 1. The molecular weight excluding hydrogens is 412 g/mol. The normalized spacial score (nSPS) is 16.3. The Morgan fingerprint density at radius 3 is 2.48 bits per heavy atom. The van der Waals surface area contributed by atoms with Crippen molar-refractivity contribution in [2.24, 2.45) is 4.99 Å². The quantitative estimate of drug-likeness (QED) is 0.641. The summed E-state index contributed by atoms with van der Waals surface area (Å²) in [4.78, 5) is 31.5. The van der Waals surface area contributed by atoms with E-state index in [0.717, 1.165) is 11.1 Å². The zero-order chi connectivity index (χ0) is 22.1. The molecule has 2 aromatic carbocycles. The number of ether oxygens (including phenoxy) is 1. The predicted molar refractivity (Wildman–Crippen MR) is 120 cm³/mol. The van der Waals surface area contributed by atoms with Crippen LogP contribution in [0, 0.1) is 0 Å². The van der Waals surface area contributed by atoms with Crippen molar-refractivity contribution in [2.75, 3.05) is 0 Å². The van der Waals surface area contributed by atoms with Crippen molar-refractivity contribution in [3.8, 4) is 5.75 Å². The molecule has 0 aliphatic carbocycles. The molecule has 0 bridgehead atoms. The smallest absolute Gasteiger partial charge is 0.338 e. The number of phenolic OH excluding ortho intramolecular Hbond substituents is 1. The fourth-order valence-electron chi connectivity index (χ4n) is 3.53. The Balaban J connectivity index is 1.93. The molecule has 1 atom stereocenters. The van der Waals surface area contributed by atoms with Gasteiger partial charge < -0.3 is 9.84 Å². The highest BCUT2D eigenvalue weighted by molar-refractivity contribution is 7.07. The van der Waals surface area contributed by atoms with E-state index in [0.29, 0.717) is 20.6 Å². The van der Waals surface area contributed by atoms with Gasteiger partial charge in [-0.05, 0) is 50.1 Å². The molecule has 0 fully saturated rings. The van der Waals surface area contributed by atoms with E-state index >= 15 is 0 Å². The average Bonchev–Trinajstić information content (AvgIpc) is 3.03. The fourth-order valence-corrected chi connectivity index (χ4v) is 4.58. The van der Waals surface area contributed by atoms with E-state index in [9.17, 15) is 14.7 Å². The van der Waals surface area contributed by atoms with Crippen molar-refractivity contribution in [3.63, 3.8) is 0 Å². The first-order chi connectivity index (χ1) is 14.8. The van der Waals surface area contributed by atoms with Gasteiger partial charge in [0.05, 0.1) is 27.9 Å². The van der Waals surface area contributed by atoms with Gasteiger partial charge in [-0.25, -0.2) is 9.79 Å². The maximum Gasteiger partial charge on any atom is 0.338 e. The lowest BCUT2D eigenvalue weighted by molar-refractivity contribution is -0.143. The molecule has 0 saturated carbocycles. The number of carbonyl (C=O) groups is 1. The van der Waals surface area contributed by atoms with Crippen molar-refractivity contribution in [3.05, 3.63) is 96.7 Å². The van der Waals surface area contributed by atoms with E-state index in [-0.39, 0.29) is 17.4 Å². The van der Waals surface area contributed by atoms with Crippen molar-refractivity contribution >= 4 is 23.4 Å². The Morgan fingerprint density at radius 1 is 1.16 bits per heavy atom. The van der Waals surface area contributed by atoms with Crippen LogP contribution in [0.2, 0.25) is 0 Å². The topological polar surface area (TPSA) is 80.9 Å². The first-order valence-electron chi connectivity index (χ1n) is 9.92. The number of rotatable bonds is 4. The Hall–Kier alpha value is -3.45. The molecule has 7 heteroatoms. The molecule has 4 rings (SSSR count). The van der Waals surface area contributed by atoms with E-state index in [2.05, 4.69) is 4.99 Å². The SMILES string of the molecule is CC1=C(C(=O)OC(C)C)C(c2ccccc2)n2c(sc(=Cc3ccc(O)cc3)c2=O)=N1. The number of thiazole rings is 1. The molecule has 6 nitrogen and oxygen atoms in total. The fraction of sp³-hybridized carbons (Fsp3) is 0.208. The molecule has 2 heterocycles. The van der Waals surface area contributed by atoms with Crippen LogP contribution < -0.4 is 14.9 Å². The number of benzene rings is 2. The average molecular weight is 435 g/mol. The van der Waals surface area contributed by atoms with Crippen molar-refractivity contribution < 1.29 is 14.6 Å². The van der Waals surface area contributed by atoms with Gasteiger partial charge in [-0.3, -0.25) is 9.36 Å². The number of aromatic hydroxyl groups is 1.